The Labute approximate surface area is 182 Å². The van der Waals surface area contributed by atoms with Crippen LogP contribution in [0.1, 0.15) is 23.8 Å². The lowest BCUT2D eigenvalue weighted by Crippen LogP contribution is -2.49. The molecule has 3 heterocycles. The van der Waals surface area contributed by atoms with Crippen molar-refractivity contribution in [3.8, 4) is 5.75 Å². The van der Waals surface area contributed by atoms with Crippen molar-refractivity contribution in [3.63, 3.8) is 0 Å². The second-order valence-electron chi connectivity index (χ2n) is 7.82. The van der Waals surface area contributed by atoms with Gasteiger partial charge in [0.2, 0.25) is 0 Å². The van der Waals surface area contributed by atoms with Gasteiger partial charge in [0.05, 0.1) is 7.11 Å². The summed E-state index contributed by atoms with van der Waals surface area (Å²) in [6.07, 6.45) is 1.16. The summed E-state index contributed by atoms with van der Waals surface area (Å²) < 4.78 is 5.25. The average molecular weight is 430 g/mol. The number of carbonyl (C=O) groups excluding carboxylic acids is 1. The Hall–Kier alpha value is -2.32. The van der Waals surface area contributed by atoms with E-state index < -0.39 is 0 Å². The summed E-state index contributed by atoms with van der Waals surface area (Å²) >= 11 is 1.58. The average Bonchev–Trinajstić information content (AvgIpc) is 3.30. The second-order valence-corrected chi connectivity index (χ2v) is 8.66. The number of hydrogen-bond acceptors (Lipinski definition) is 7. The predicted octanol–water partition coefficient (Wildman–Crippen LogP) is 2.65. The van der Waals surface area contributed by atoms with Crippen molar-refractivity contribution in [1.82, 2.24) is 14.8 Å². The van der Waals surface area contributed by atoms with Crippen molar-refractivity contribution in [2.75, 3.05) is 75.8 Å². The number of carbonyl (C=O) groups is 1. The molecule has 30 heavy (non-hydrogen) atoms. The minimum absolute atomic E-state index is 0.0746. The molecular formula is C22H31N5O2S. The molecule has 2 aromatic rings. The minimum atomic E-state index is 0.0746. The fraction of sp³-hybridized carbons (Fsp3) is 0.545. The van der Waals surface area contributed by atoms with Crippen LogP contribution in [0.15, 0.2) is 29.6 Å². The molecule has 1 amide bonds. The van der Waals surface area contributed by atoms with Gasteiger partial charge in [0.15, 0.2) is 5.13 Å². The Morgan fingerprint density at radius 2 is 1.67 bits per heavy atom. The first-order valence-electron chi connectivity index (χ1n) is 10.8. The van der Waals surface area contributed by atoms with Crippen LogP contribution < -0.4 is 14.5 Å². The summed E-state index contributed by atoms with van der Waals surface area (Å²) in [5.74, 6) is 0.953. The number of rotatable bonds is 6. The molecule has 2 aliphatic heterocycles. The van der Waals surface area contributed by atoms with Gasteiger partial charge in [0, 0.05) is 63.4 Å². The fourth-order valence-corrected chi connectivity index (χ4v) is 4.96. The van der Waals surface area contributed by atoms with Gasteiger partial charge in [-0.25, -0.2) is 4.98 Å². The topological polar surface area (TPSA) is 52.2 Å². The van der Waals surface area contributed by atoms with E-state index >= 15 is 0 Å². The Morgan fingerprint density at radius 3 is 2.30 bits per heavy atom. The number of benzene rings is 1. The highest BCUT2D eigenvalue weighted by molar-refractivity contribution is 7.13. The number of amides is 1. The normalized spacial score (nSPS) is 18.0. The van der Waals surface area contributed by atoms with E-state index in [0.29, 0.717) is 5.69 Å². The van der Waals surface area contributed by atoms with E-state index in [1.54, 1.807) is 18.4 Å². The first kappa shape index (κ1) is 20.9. The molecule has 2 aliphatic rings. The molecule has 4 rings (SSSR count). The highest BCUT2D eigenvalue weighted by atomic mass is 32.1. The van der Waals surface area contributed by atoms with Crippen LogP contribution in [0.5, 0.6) is 5.75 Å². The van der Waals surface area contributed by atoms with Gasteiger partial charge >= 0.3 is 0 Å². The van der Waals surface area contributed by atoms with Crippen LogP contribution in [-0.4, -0.2) is 86.7 Å². The number of ether oxygens (including phenoxy) is 1. The zero-order valence-corrected chi connectivity index (χ0v) is 18.7. The van der Waals surface area contributed by atoms with E-state index in [9.17, 15) is 4.79 Å². The number of piperazine rings is 2. The quantitative estimate of drug-likeness (QED) is 0.704. The van der Waals surface area contributed by atoms with Crippen molar-refractivity contribution in [1.29, 1.82) is 0 Å². The number of methoxy groups -OCH3 is 1. The molecule has 0 bridgehead atoms. The lowest BCUT2D eigenvalue weighted by Gasteiger charge is -2.36. The van der Waals surface area contributed by atoms with Gasteiger partial charge in [0.25, 0.3) is 5.91 Å². The molecule has 2 fully saturated rings. The summed E-state index contributed by atoms with van der Waals surface area (Å²) in [5, 5.41) is 2.88. The standard InChI is InChI=1S/C22H31N5O2S/c1-3-8-24-9-11-26(12-10-24)21(28)20-17-30-22(23-20)27-15-13-25(14-16-27)18-4-6-19(29-2)7-5-18/h4-7,17H,3,8-16H2,1-2H3. The molecule has 8 heteroatoms. The summed E-state index contributed by atoms with van der Waals surface area (Å²) in [6.45, 7) is 10.5. The van der Waals surface area contributed by atoms with E-state index in [-0.39, 0.29) is 5.91 Å². The molecule has 162 valence electrons. The molecule has 7 nitrogen and oxygen atoms in total. The third-order valence-electron chi connectivity index (χ3n) is 5.90. The number of aromatic nitrogens is 1. The molecule has 0 radical (unpaired) electrons. The third kappa shape index (κ3) is 4.70. The Bertz CT molecular complexity index is 824. The van der Waals surface area contributed by atoms with Gasteiger partial charge in [-0.3, -0.25) is 9.69 Å². The maximum absolute atomic E-state index is 12.9. The molecule has 1 aromatic carbocycles. The smallest absolute Gasteiger partial charge is 0.273 e. The zero-order chi connectivity index (χ0) is 20.9. The predicted molar refractivity (Wildman–Crippen MR) is 122 cm³/mol. The van der Waals surface area contributed by atoms with E-state index in [0.717, 1.165) is 76.2 Å². The summed E-state index contributed by atoms with van der Waals surface area (Å²) in [7, 11) is 1.69. The van der Waals surface area contributed by atoms with Gasteiger partial charge < -0.3 is 19.4 Å². The molecule has 0 spiro atoms. The van der Waals surface area contributed by atoms with Gasteiger partial charge in [-0.2, -0.15) is 0 Å². The molecule has 1 aromatic heterocycles. The zero-order valence-electron chi connectivity index (χ0n) is 17.9. The van der Waals surface area contributed by atoms with Gasteiger partial charge in [-0.1, -0.05) is 6.92 Å². The molecule has 0 atom stereocenters. The number of thiazole rings is 1. The molecule has 0 aliphatic carbocycles. The Kier molecular flexibility index (Phi) is 6.74. The van der Waals surface area contributed by atoms with Crippen molar-refractivity contribution in [2.45, 2.75) is 13.3 Å². The van der Waals surface area contributed by atoms with Gasteiger partial charge in [-0.15, -0.1) is 11.3 Å². The highest BCUT2D eigenvalue weighted by Crippen LogP contribution is 2.25. The maximum Gasteiger partial charge on any atom is 0.273 e. The number of nitrogens with zero attached hydrogens (tertiary/aromatic N) is 5. The molecule has 0 unspecified atom stereocenters. The van der Waals surface area contributed by atoms with E-state index in [1.807, 2.05) is 22.4 Å². The van der Waals surface area contributed by atoms with Crippen LogP contribution in [0.3, 0.4) is 0 Å². The number of anilines is 2. The van der Waals surface area contributed by atoms with Crippen molar-refractivity contribution >= 4 is 28.1 Å². The second kappa shape index (κ2) is 9.66. The fourth-order valence-electron chi connectivity index (χ4n) is 4.11. The van der Waals surface area contributed by atoms with Crippen LogP contribution in [0.2, 0.25) is 0 Å². The van der Waals surface area contributed by atoms with Crippen LogP contribution in [0.25, 0.3) is 0 Å². The van der Waals surface area contributed by atoms with Crippen LogP contribution in [0.4, 0.5) is 10.8 Å². The first-order chi connectivity index (χ1) is 14.7. The van der Waals surface area contributed by atoms with Crippen molar-refractivity contribution < 1.29 is 9.53 Å². The summed E-state index contributed by atoms with van der Waals surface area (Å²) in [4.78, 5) is 26.6. The van der Waals surface area contributed by atoms with Crippen LogP contribution in [0, 0.1) is 0 Å². The monoisotopic (exact) mass is 429 g/mol. The lowest BCUT2D eigenvalue weighted by molar-refractivity contribution is 0.0632. The summed E-state index contributed by atoms with van der Waals surface area (Å²) in [5.41, 5.74) is 1.81. The van der Waals surface area contributed by atoms with Gasteiger partial charge in [-0.05, 0) is 37.2 Å². The number of hydrogen-bond donors (Lipinski definition) is 0. The Balaban J connectivity index is 1.31. The van der Waals surface area contributed by atoms with E-state index in [1.165, 1.54) is 5.69 Å². The SMILES string of the molecule is CCCN1CCN(C(=O)c2csc(N3CCN(c4ccc(OC)cc4)CC3)n2)CC1. The van der Waals surface area contributed by atoms with Crippen LogP contribution in [-0.2, 0) is 0 Å². The summed E-state index contributed by atoms with van der Waals surface area (Å²) in [6, 6.07) is 8.22. The third-order valence-corrected chi connectivity index (χ3v) is 6.80. The van der Waals surface area contributed by atoms with E-state index in [2.05, 4.69) is 38.7 Å². The maximum atomic E-state index is 12.9. The first-order valence-corrected chi connectivity index (χ1v) is 11.7. The van der Waals surface area contributed by atoms with Gasteiger partial charge in [0.1, 0.15) is 11.4 Å². The largest absolute Gasteiger partial charge is 0.497 e. The molecule has 0 saturated carbocycles. The highest BCUT2D eigenvalue weighted by Gasteiger charge is 2.25. The minimum Gasteiger partial charge on any atom is -0.497 e. The molecule has 0 N–H and O–H groups in total. The molecular weight excluding hydrogens is 398 g/mol. The van der Waals surface area contributed by atoms with Crippen molar-refractivity contribution in [3.05, 3.63) is 35.3 Å². The van der Waals surface area contributed by atoms with Crippen molar-refractivity contribution in [2.24, 2.45) is 0 Å². The lowest BCUT2D eigenvalue weighted by atomic mass is 10.2. The van der Waals surface area contributed by atoms with E-state index in [4.69, 9.17) is 4.74 Å². The Morgan fingerprint density at radius 1 is 1.00 bits per heavy atom. The molecule has 2 saturated heterocycles. The van der Waals surface area contributed by atoms with Crippen LogP contribution >= 0.6 is 11.3 Å².